The molecule has 2 nitrogen and oxygen atoms in total. The third-order valence-electron chi connectivity index (χ3n) is 3.92. The Labute approximate surface area is 122 Å². The summed E-state index contributed by atoms with van der Waals surface area (Å²) < 4.78 is 0. The molecule has 0 aromatic heterocycles. The minimum absolute atomic E-state index is 0.838. The van der Waals surface area contributed by atoms with Gasteiger partial charge in [0.2, 0.25) is 0 Å². The molecule has 1 aliphatic rings. The lowest BCUT2D eigenvalue weighted by molar-refractivity contribution is 0.172. The van der Waals surface area contributed by atoms with Crippen LogP contribution in [0.15, 0.2) is 24.3 Å². The van der Waals surface area contributed by atoms with Gasteiger partial charge < -0.3 is 10.2 Å². The van der Waals surface area contributed by atoms with Crippen molar-refractivity contribution in [1.82, 2.24) is 10.2 Å². The average molecular weight is 281 g/mol. The van der Waals surface area contributed by atoms with Crippen LogP contribution in [0.25, 0.3) is 0 Å². The maximum absolute atomic E-state index is 6.01. The van der Waals surface area contributed by atoms with Crippen LogP contribution in [0.5, 0.6) is 0 Å². The number of nitrogens with zero attached hydrogens (tertiary/aromatic N) is 1. The summed E-state index contributed by atoms with van der Waals surface area (Å²) in [6, 6.07) is 8.24. The van der Waals surface area contributed by atoms with Crippen LogP contribution in [0.1, 0.15) is 24.8 Å². The molecule has 1 atom stereocenters. The monoisotopic (exact) mass is 280 g/mol. The molecule has 1 aliphatic heterocycles. The molecule has 1 aromatic rings. The van der Waals surface area contributed by atoms with Gasteiger partial charge in [0.15, 0.2) is 0 Å². The number of rotatable bonds is 6. The zero-order chi connectivity index (χ0) is 13.5. The van der Waals surface area contributed by atoms with E-state index in [-0.39, 0.29) is 0 Å². The van der Waals surface area contributed by atoms with E-state index in [1.165, 1.54) is 44.5 Å². The molecule has 1 aromatic carbocycles. The number of nitrogens with one attached hydrogen (secondary N) is 1. The van der Waals surface area contributed by atoms with Crippen molar-refractivity contribution >= 4 is 11.6 Å². The second kappa shape index (κ2) is 7.88. The van der Waals surface area contributed by atoms with Crippen LogP contribution < -0.4 is 5.32 Å². The van der Waals surface area contributed by atoms with Gasteiger partial charge in [-0.15, -0.1) is 0 Å². The highest BCUT2D eigenvalue weighted by molar-refractivity contribution is 6.30. The maximum Gasteiger partial charge on any atom is 0.0408 e. The topological polar surface area (TPSA) is 15.3 Å². The Bertz CT molecular complexity index is 379. The molecule has 0 bridgehead atoms. The minimum atomic E-state index is 0.838. The highest BCUT2D eigenvalue weighted by Gasteiger charge is 2.18. The number of hydrogen-bond donors (Lipinski definition) is 1. The van der Waals surface area contributed by atoms with Crippen LogP contribution in [0.4, 0.5) is 0 Å². The Morgan fingerprint density at radius 1 is 1.42 bits per heavy atom. The number of piperidine rings is 1. The van der Waals surface area contributed by atoms with Gasteiger partial charge in [-0.3, -0.25) is 0 Å². The zero-order valence-corrected chi connectivity index (χ0v) is 12.6. The van der Waals surface area contributed by atoms with Gasteiger partial charge in [-0.25, -0.2) is 0 Å². The van der Waals surface area contributed by atoms with Gasteiger partial charge in [0.05, 0.1) is 0 Å². The Morgan fingerprint density at radius 2 is 2.32 bits per heavy atom. The summed E-state index contributed by atoms with van der Waals surface area (Å²) in [6.07, 6.45) is 5.09. The molecule has 1 unspecified atom stereocenters. The van der Waals surface area contributed by atoms with Gasteiger partial charge in [-0.2, -0.15) is 0 Å². The van der Waals surface area contributed by atoms with Gasteiger partial charge in [0.1, 0.15) is 0 Å². The van der Waals surface area contributed by atoms with Gasteiger partial charge in [-0.05, 0) is 76.0 Å². The largest absolute Gasteiger partial charge is 0.319 e. The smallest absolute Gasteiger partial charge is 0.0408 e. The average Bonchev–Trinajstić information content (AvgIpc) is 2.40. The van der Waals surface area contributed by atoms with Gasteiger partial charge >= 0.3 is 0 Å². The van der Waals surface area contributed by atoms with Crippen molar-refractivity contribution in [2.45, 2.75) is 25.7 Å². The van der Waals surface area contributed by atoms with E-state index >= 15 is 0 Å². The van der Waals surface area contributed by atoms with Crippen molar-refractivity contribution in [3.63, 3.8) is 0 Å². The third kappa shape index (κ3) is 5.13. The van der Waals surface area contributed by atoms with Crippen LogP contribution in [-0.2, 0) is 6.42 Å². The predicted octanol–water partition coefficient (Wildman–Crippen LogP) is 3.20. The molecule has 0 radical (unpaired) electrons. The van der Waals surface area contributed by atoms with Crippen LogP contribution in [0.3, 0.4) is 0 Å². The van der Waals surface area contributed by atoms with Crippen molar-refractivity contribution < 1.29 is 0 Å². The van der Waals surface area contributed by atoms with Gasteiger partial charge in [-0.1, -0.05) is 23.7 Å². The second-order valence-electron chi connectivity index (χ2n) is 5.60. The van der Waals surface area contributed by atoms with E-state index in [2.05, 4.69) is 29.4 Å². The van der Waals surface area contributed by atoms with E-state index in [0.717, 1.165) is 23.9 Å². The Balaban J connectivity index is 1.70. The van der Waals surface area contributed by atoms with Gasteiger partial charge in [0, 0.05) is 11.6 Å². The molecule has 1 heterocycles. The number of halogens is 1. The molecule has 106 valence electrons. The number of hydrogen-bond acceptors (Lipinski definition) is 2. The molecular formula is C16H25ClN2. The van der Waals surface area contributed by atoms with Crippen molar-refractivity contribution in [2.24, 2.45) is 5.92 Å². The van der Waals surface area contributed by atoms with E-state index in [1.54, 1.807) is 0 Å². The Kier molecular flexibility index (Phi) is 6.15. The first kappa shape index (κ1) is 14.8. The van der Waals surface area contributed by atoms with Crippen molar-refractivity contribution in [3.8, 4) is 0 Å². The van der Waals surface area contributed by atoms with Crippen LogP contribution >= 0.6 is 11.6 Å². The van der Waals surface area contributed by atoms with Gasteiger partial charge in [0.25, 0.3) is 0 Å². The molecule has 1 fully saturated rings. The first-order valence-corrected chi connectivity index (χ1v) is 7.77. The number of benzene rings is 1. The highest BCUT2D eigenvalue weighted by atomic mass is 35.5. The van der Waals surface area contributed by atoms with Crippen LogP contribution in [0.2, 0.25) is 5.02 Å². The number of likely N-dealkylation sites (tertiary alicyclic amines) is 1. The van der Waals surface area contributed by atoms with E-state index in [4.69, 9.17) is 11.6 Å². The normalized spacial score (nSPS) is 20.6. The molecule has 1 saturated heterocycles. The van der Waals surface area contributed by atoms with Crippen molar-refractivity contribution in [1.29, 1.82) is 0 Å². The molecule has 0 amide bonds. The highest BCUT2D eigenvalue weighted by Crippen LogP contribution is 2.17. The van der Waals surface area contributed by atoms with E-state index in [9.17, 15) is 0 Å². The first-order valence-electron chi connectivity index (χ1n) is 7.39. The predicted molar refractivity (Wildman–Crippen MR) is 82.9 cm³/mol. The third-order valence-corrected chi connectivity index (χ3v) is 4.16. The summed E-state index contributed by atoms with van der Waals surface area (Å²) >= 11 is 6.01. The Hall–Kier alpha value is -0.570. The summed E-state index contributed by atoms with van der Waals surface area (Å²) in [6.45, 7) is 4.91. The Morgan fingerprint density at radius 3 is 3.11 bits per heavy atom. The van der Waals surface area contributed by atoms with E-state index in [1.807, 2.05) is 12.1 Å². The summed E-state index contributed by atoms with van der Waals surface area (Å²) in [4.78, 5) is 2.62. The molecule has 0 spiro atoms. The molecule has 1 N–H and O–H groups in total. The minimum Gasteiger partial charge on any atom is -0.319 e. The van der Waals surface area contributed by atoms with E-state index < -0.39 is 0 Å². The van der Waals surface area contributed by atoms with Crippen molar-refractivity contribution in [3.05, 3.63) is 34.9 Å². The molecule has 3 heteroatoms. The lowest BCUT2D eigenvalue weighted by atomic mass is 9.97. The fraction of sp³-hybridized carbons (Fsp3) is 0.625. The van der Waals surface area contributed by atoms with Crippen LogP contribution in [0, 0.1) is 5.92 Å². The molecular weight excluding hydrogens is 256 g/mol. The summed E-state index contributed by atoms with van der Waals surface area (Å²) in [7, 11) is 2.05. The zero-order valence-electron chi connectivity index (χ0n) is 11.9. The molecule has 2 rings (SSSR count). The summed E-state index contributed by atoms with van der Waals surface area (Å²) in [5.74, 6) is 0.838. The molecule has 0 aliphatic carbocycles. The second-order valence-corrected chi connectivity index (χ2v) is 6.04. The lowest BCUT2D eigenvalue weighted by Gasteiger charge is -2.32. The summed E-state index contributed by atoms with van der Waals surface area (Å²) in [5, 5.41) is 4.16. The molecule has 0 saturated carbocycles. The summed E-state index contributed by atoms with van der Waals surface area (Å²) in [5.41, 5.74) is 1.36. The quantitative estimate of drug-likeness (QED) is 0.861. The van der Waals surface area contributed by atoms with Crippen molar-refractivity contribution in [2.75, 3.05) is 33.2 Å². The first-order chi connectivity index (χ1) is 9.28. The fourth-order valence-electron chi connectivity index (χ4n) is 3.01. The van der Waals surface area contributed by atoms with E-state index in [0.29, 0.717) is 0 Å². The number of aryl methyl sites for hydroxylation is 1. The maximum atomic E-state index is 6.01. The molecule has 19 heavy (non-hydrogen) atoms. The SMILES string of the molecule is CNCC1CCCN(CCCc2cccc(Cl)c2)C1. The van der Waals surface area contributed by atoms with Crippen LogP contribution in [-0.4, -0.2) is 38.1 Å². The fourth-order valence-corrected chi connectivity index (χ4v) is 3.22. The lowest BCUT2D eigenvalue weighted by Crippen LogP contribution is -2.39. The standard InChI is InChI=1S/C16H25ClN2/c1-18-12-15-7-4-10-19(13-15)9-3-6-14-5-2-8-16(17)11-14/h2,5,8,11,15,18H,3-4,6-7,9-10,12-13H2,1H3.